The lowest BCUT2D eigenvalue weighted by atomic mass is 9.89. The van der Waals surface area contributed by atoms with Crippen molar-refractivity contribution >= 4 is 27.4 Å². The van der Waals surface area contributed by atoms with E-state index in [-0.39, 0.29) is 10.6 Å². The Morgan fingerprint density at radius 1 is 1.03 bits per heavy atom. The maximum absolute atomic E-state index is 11.1. The first-order valence-corrected chi connectivity index (χ1v) is 10.5. The number of hydrogen-bond donors (Lipinski definition) is 0. The Morgan fingerprint density at radius 3 is 2.60 bits per heavy atom. The third-order valence-corrected chi connectivity index (χ3v) is 6.04. The van der Waals surface area contributed by atoms with Crippen molar-refractivity contribution in [2.24, 2.45) is 0 Å². The van der Waals surface area contributed by atoms with Gasteiger partial charge in [0.05, 0.1) is 16.1 Å². The molecule has 150 valence electrons. The highest BCUT2D eigenvalue weighted by Crippen LogP contribution is 2.37. The van der Waals surface area contributed by atoms with Crippen LogP contribution in [0.15, 0.2) is 60.7 Å². The Hall–Kier alpha value is -3.31. The summed E-state index contributed by atoms with van der Waals surface area (Å²) in [5, 5.41) is 14.8. The number of non-ortho nitro benzene ring substituents is 1. The molecule has 1 aromatic heterocycles. The first kappa shape index (κ1) is 18.7. The van der Waals surface area contributed by atoms with Crippen LogP contribution in [0.1, 0.15) is 24.5 Å². The number of pyridine rings is 1. The van der Waals surface area contributed by atoms with E-state index in [9.17, 15) is 10.1 Å². The fourth-order valence-corrected chi connectivity index (χ4v) is 4.66. The second-order valence-corrected chi connectivity index (χ2v) is 7.93. The normalized spacial score (nSPS) is 14.2. The van der Waals surface area contributed by atoms with Crippen molar-refractivity contribution in [2.45, 2.75) is 26.3 Å². The first-order valence-electron chi connectivity index (χ1n) is 10.5. The minimum absolute atomic E-state index is 0.104. The molecule has 1 aliphatic heterocycles. The predicted molar refractivity (Wildman–Crippen MR) is 121 cm³/mol. The summed E-state index contributed by atoms with van der Waals surface area (Å²) in [4.78, 5) is 18.3. The third kappa shape index (κ3) is 3.12. The molecule has 0 spiro atoms. The average Bonchev–Trinajstić information content (AvgIpc) is 2.78. The van der Waals surface area contributed by atoms with Crippen LogP contribution in [0.3, 0.4) is 0 Å². The van der Waals surface area contributed by atoms with Crippen LogP contribution in [0.5, 0.6) is 0 Å². The molecule has 0 bridgehead atoms. The van der Waals surface area contributed by atoms with Gasteiger partial charge in [-0.3, -0.25) is 15.0 Å². The highest BCUT2D eigenvalue weighted by molar-refractivity contribution is 6.09. The maximum Gasteiger partial charge on any atom is 0.269 e. The van der Waals surface area contributed by atoms with Gasteiger partial charge in [-0.1, -0.05) is 37.3 Å². The zero-order chi connectivity index (χ0) is 20.7. The van der Waals surface area contributed by atoms with E-state index in [2.05, 4.69) is 48.2 Å². The molecule has 30 heavy (non-hydrogen) atoms. The number of benzene rings is 3. The van der Waals surface area contributed by atoms with E-state index in [0.717, 1.165) is 49.2 Å². The van der Waals surface area contributed by atoms with E-state index in [1.54, 1.807) is 12.1 Å². The van der Waals surface area contributed by atoms with Gasteiger partial charge in [-0.15, -0.1) is 0 Å². The number of nitro groups is 1. The van der Waals surface area contributed by atoms with E-state index < -0.39 is 0 Å². The molecule has 0 radical (unpaired) electrons. The van der Waals surface area contributed by atoms with Gasteiger partial charge in [0.1, 0.15) is 0 Å². The van der Waals surface area contributed by atoms with Gasteiger partial charge in [-0.2, -0.15) is 0 Å². The Kier molecular flexibility index (Phi) is 4.68. The lowest BCUT2D eigenvalue weighted by Crippen LogP contribution is -2.32. The van der Waals surface area contributed by atoms with Gasteiger partial charge in [0.25, 0.3) is 5.69 Å². The maximum atomic E-state index is 11.1. The lowest BCUT2D eigenvalue weighted by molar-refractivity contribution is -0.384. The Balaban J connectivity index is 1.77. The van der Waals surface area contributed by atoms with Gasteiger partial charge in [-0.05, 0) is 59.5 Å². The van der Waals surface area contributed by atoms with Crippen LogP contribution in [0.4, 0.5) is 5.69 Å². The smallest absolute Gasteiger partial charge is 0.269 e. The summed E-state index contributed by atoms with van der Waals surface area (Å²) in [7, 11) is 0. The fraction of sp³-hybridized carbons (Fsp3) is 0.240. The summed E-state index contributed by atoms with van der Waals surface area (Å²) in [5.74, 6) is 0. The lowest BCUT2D eigenvalue weighted by Gasteiger charge is -2.31. The summed E-state index contributed by atoms with van der Waals surface area (Å²) in [5.41, 5.74) is 5.61. The third-order valence-electron chi connectivity index (χ3n) is 6.04. The molecule has 0 saturated carbocycles. The molecular weight excluding hydrogens is 374 g/mol. The van der Waals surface area contributed by atoms with Crippen molar-refractivity contribution in [3.8, 4) is 11.3 Å². The number of nitrogens with zero attached hydrogens (tertiary/aromatic N) is 3. The second kappa shape index (κ2) is 7.50. The number of nitro benzene ring substituents is 1. The number of fused-ring (bicyclic) bond motifs is 5. The molecule has 5 heteroatoms. The van der Waals surface area contributed by atoms with E-state index in [4.69, 9.17) is 4.98 Å². The van der Waals surface area contributed by atoms with E-state index in [1.165, 1.54) is 27.3 Å². The quantitative estimate of drug-likeness (QED) is 0.251. The van der Waals surface area contributed by atoms with Crippen molar-refractivity contribution < 1.29 is 4.92 Å². The number of hydrogen-bond acceptors (Lipinski definition) is 4. The topological polar surface area (TPSA) is 59.3 Å². The van der Waals surface area contributed by atoms with Crippen LogP contribution in [0, 0.1) is 10.1 Å². The summed E-state index contributed by atoms with van der Waals surface area (Å²) in [6.45, 7) is 5.18. The van der Waals surface area contributed by atoms with Crippen molar-refractivity contribution in [3.63, 3.8) is 0 Å². The van der Waals surface area contributed by atoms with Gasteiger partial charge in [-0.25, -0.2) is 4.98 Å². The van der Waals surface area contributed by atoms with Gasteiger partial charge >= 0.3 is 0 Å². The van der Waals surface area contributed by atoms with Crippen LogP contribution >= 0.6 is 0 Å². The molecule has 0 amide bonds. The molecule has 3 aromatic carbocycles. The fourth-order valence-electron chi connectivity index (χ4n) is 4.66. The summed E-state index contributed by atoms with van der Waals surface area (Å²) >= 11 is 0. The standard InChI is InChI=1S/C25H23N3O2/c1-2-14-27-15-13-21-22(16-27)25(18-7-10-19(11-8-18)28(29)30)26-23-12-9-17-5-3-4-6-20(17)24(21)23/h3-12H,2,13-16H2,1H3. The Morgan fingerprint density at radius 2 is 1.83 bits per heavy atom. The first-order chi connectivity index (χ1) is 14.7. The minimum atomic E-state index is -0.359. The Labute approximate surface area is 175 Å². The molecule has 4 aromatic rings. The molecule has 0 aliphatic carbocycles. The van der Waals surface area contributed by atoms with Crippen molar-refractivity contribution in [2.75, 3.05) is 13.1 Å². The van der Waals surface area contributed by atoms with Crippen molar-refractivity contribution in [3.05, 3.63) is 81.9 Å². The van der Waals surface area contributed by atoms with E-state index >= 15 is 0 Å². The van der Waals surface area contributed by atoms with Crippen LogP contribution in [0.25, 0.3) is 32.9 Å². The molecule has 5 rings (SSSR count). The van der Waals surface area contributed by atoms with Crippen LogP contribution < -0.4 is 0 Å². The number of aromatic nitrogens is 1. The monoisotopic (exact) mass is 397 g/mol. The van der Waals surface area contributed by atoms with E-state index in [0.29, 0.717) is 0 Å². The van der Waals surface area contributed by atoms with Crippen LogP contribution in [0.2, 0.25) is 0 Å². The molecular formula is C25H23N3O2. The minimum Gasteiger partial charge on any atom is -0.299 e. The highest BCUT2D eigenvalue weighted by Gasteiger charge is 2.24. The molecule has 0 atom stereocenters. The molecule has 1 aliphatic rings. The van der Waals surface area contributed by atoms with Gasteiger partial charge < -0.3 is 0 Å². The molecule has 0 fully saturated rings. The average molecular weight is 397 g/mol. The second-order valence-electron chi connectivity index (χ2n) is 7.93. The summed E-state index contributed by atoms with van der Waals surface area (Å²) < 4.78 is 0. The highest BCUT2D eigenvalue weighted by atomic mass is 16.6. The van der Waals surface area contributed by atoms with Crippen molar-refractivity contribution in [1.82, 2.24) is 9.88 Å². The van der Waals surface area contributed by atoms with Crippen molar-refractivity contribution in [1.29, 1.82) is 0 Å². The predicted octanol–water partition coefficient (Wildman–Crippen LogP) is 5.73. The van der Waals surface area contributed by atoms with Gasteiger partial charge in [0, 0.05) is 36.2 Å². The zero-order valence-electron chi connectivity index (χ0n) is 17.0. The summed E-state index contributed by atoms with van der Waals surface area (Å²) in [6, 6.07) is 19.5. The molecule has 5 nitrogen and oxygen atoms in total. The molecule has 0 unspecified atom stereocenters. The van der Waals surface area contributed by atoms with Crippen LogP contribution in [-0.2, 0) is 13.0 Å². The molecule has 0 N–H and O–H groups in total. The van der Waals surface area contributed by atoms with Gasteiger partial charge in [0.15, 0.2) is 0 Å². The molecule has 2 heterocycles. The Bertz CT molecular complexity index is 1270. The van der Waals surface area contributed by atoms with Crippen LogP contribution in [-0.4, -0.2) is 27.9 Å². The molecule has 0 saturated heterocycles. The summed E-state index contributed by atoms with van der Waals surface area (Å²) in [6.07, 6.45) is 2.11. The zero-order valence-corrected chi connectivity index (χ0v) is 17.0. The van der Waals surface area contributed by atoms with Gasteiger partial charge in [0.2, 0.25) is 0 Å². The SMILES string of the molecule is CCCN1CCc2c(c(-c3ccc([N+](=O)[O-])cc3)nc3ccc4ccccc4c23)C1. The van der Waals surface area contributed by atoms with E-state index in [1.807, 2.05) is 12.1 Å². The largest absolute Gasteiger partial charge is 0.299 e. The number of rotatable bonds is 4.